The largest absolute Gasteiger partial charge is 0.486 e. The Morgan fingerprint density at radius 3 is 2.43 bits per heavy atom. The Morgan fingerprint density at radius 2 is 1.89 bits per heavy atom. The van der Waals surface area contributed by atoms with Crippen molar-refractivity contribution in [3.63, 3.8) is 0 Å². The number of benzene rings is 1. The molecule has 1 rings (SSSR count). The van der Waals surface area contributed by atoms with Crippen LogP contribution in [-0.2, 0) is 19.1 Å². The highest BCUT2D eigenvalue weighted by Gasteiger charge is 2.27. The minimum atomic E-state index is -0.676. The van der Waals surface area contributed by atoms with E-state index in [1.165, 1.54) is 18.2 Å². The Morgan fingerprint density at radius 1 is 1.25 bits per heavy atom. The number of carbonyl (C=O) groups excluding carboxylic acids is 2. The molecule has 0 fully saturated rings. The van der Waals surface area contributed by atoms with Crippen molar-refractivity contribution in [1.82, 2.24) is 0 Å². The van der Waals surface area contributed by atoms with Crippen molar-refractivity contribution in [3.8, 4) is 5.75 Å². The molecule has 0 radical (unpaired) electrons. The Kier molecular flexibility index (Phi) is 8.95. The minimum Gasteiger partial charge on any atom is -0.486 e. The molecular formula is C21H28ClFO5. The van der Waals surface area contributed by atoms with Gasteiger partial charge in [-0.3, -0.25) is 9.59 Å². The maximum absolute atomic E-state index is 13.5. The average Bonchev–Trinajstić information content (AvgIpc) is 2.51. The topological polar surface area (TPSA) is 61.8 Å². The van der Waals surface area contributed by atoms with Crippen LogP contribution in [0.3, 0.4) is 0 Å². The fourth-order valence-electron chi connectivity index (χ4n) is 2.36. The van der Waals surface area contributed by atoms with Crippen molar-refractivity contribution in [2.45, 2.75) is 65.3 Å². The summed E-state index contributed by atoms with van der Waals surface area (Å²) in [4.78, 5) is 24.2. The summed E-state index contributed by atoms with van der Waals surface area (Å²) in [6, 6.07) is 3.83. The van der Waals surface area contributed by atoms with E-state index < -0.39 is 41.5 Å². The molecule has 1 aromatic rings. The van der Waals surface area contributed by atoms with E-state index >= 15 is 0 Å². The van der Waals surface area contributed by atoms with Crippen LogP contribution in [0.2, 0.25) is 5.02 Å². The van der Waals surface area contributed by atoms with E-state index in [9.17, 15) is 14.0 Å². The summed E-state index contributed by atoms with van der Waals surface area (Å²) in [6.45, 7) is 12.2. The average molecular weight is 415 g/mol. The molecule has 28 heavy (non-hydrogen) atoms. The van der Waals surface area contributed by atoms with Crippen LogP contribution in [0, 0.1) is 11.7 Å². The zero-order valence-corrected chi connectivity index (χ0v) is 17.7. The number of hydrogen-bond donors (Lipinski definition) is 0. The molecule has 5 nitrogen and oxygen atoms in total. The maximum atomic E-state index is 13.5. The molecular weight excluding hydrogens is 387 g/mol. The van der Waals surface area contributed by atoms with Crippen LogP contribution in [-0.4, -0.2) is 29.7 Å². The molecule has 0 aliphatic carbocycles. The van der Waals surface area contributed by atoms with Gasteiger partial charge in [0.2, 0.25) is 0 Å². The number of esters is 2. The van der Waals surface area contributed by atoms with Gasteiger partial charge in [-0.05, 0) is 39.8 Å². The monoisotopic (exact) mass is 414 g/mol. The van der Waals surface area contributed by atoms with Crippen LogP contribution in [0.1, 0.15) is 47.5 Å². The second-order valence-corrected chi connectivity index (χ2v) is 8.06. The first-order chi connectivity index (χ1) is 12.9. The Balaban J connectivity index is 2.71. The molecule has 156 valence electrons. The molecule has 0 aromatic heterocycles. The molecule has 0 unspecified atom stereocenters. The van der Waals surface area contributed by atoms with Gasteiger partial charge in [0, 0.05) is 17.5 Å². The van der Waals surface area contributed by atoms with E-state index in [0.29, 0.717) is 6.42 Å². The molecule has 0 heterocycles. The standard InChI is InChI=1S/C21H28ClFO5/c1-7-8-18(27-17-11-15(22)10-16(23)12-17)14(3)26-20(25)13(2)9-19(24)28-21(4,5)6/h7,10-14,18H,1,8-9H2,2-6H3/t13-,14+,18-/m1/s1. The van der Waals surface area contributed by atoms with Crippen molar-refractivity contribution >= 4 is 23.5 Å². The smallest absolute Gasteiger partial charge is 0.309 e. The molecule has 0 amide bonds. The third-order valence-corrected chi connectivity index (χ3v) is 3.86. The van der Waals surface area contributed by atoms with Crippen LogP contribution in [0.5, 0.6) is 5.75 Å². The van der Waals surface area contributed by atoms with Gasteiger partial charge in [-0.15, -0.1) is 6.58 Å². The van der Waals surface area contributed by atoms with Gasteiger partial charge in [0.05, 0.1) is 12.3 Å². The summed E-state index contributed by atoms with van der Waals surface area (Å²) in [5.41, 5.74) is -0.622. The lowest BCUT2D eigenvalue weighted by Gasteiger charge is -2.26. The van der Waals surface area contributed by atoms with Crippen LogP contribution in [0.25, 0.3) is 0 Å². The Hall–Kier alpha value is -2.08. The van der Waals surface area contributed by atoms with Crippen LogP contribution < -0.4 is 4.74 Å². The van der Waals surface area contributed by atoms with Crippen molar-refractivity contribution < 1.29 is 28.2 Å². The molecule has 3 atom stereocenters. The van der Waals surface area contributed by atoms with Crippen molar-refractivity contribution in [2.75, 3.05) is 0 Å². The van der Waals surface area contributed by atoms with E-state index in [2.05, 4.69) is 6.58 Å². The quantitative estimate of drug-likeness (QED) is 0.415. The first-order valence-corrected chi connectivity index (χ1v) is 9.45. The van der Waals surface area contributed by atoms with Gasteiger partial charge in [-0.2, -0.15) is 0 Å². The van der Waals surface area contributed by atoms with Gasteiger partial charge in [0.25, 0.3) is 0 Å². The zero-order chi connectivity index (χ0) is 21.5. The van der Waals surface area contributed by atoms with Gasteiger partial charge in [-0.1, -0.05) is 24.6 Å². The third kappa shape index (κ3) is 8.74. The number of ether oxygens (including phenoxy) is 3. The molecule has 7 heteroatoms. The van der Waals surface area contributed by atoms with E-state index in [4.69, 9.17) is 25.8 Å². The SMILES string of the molecule is C=CC[C@@H](Oc1cc(F)cc(Cl)c1)[C@H](C)OC(=O)[C@H](C)CC(=O)OC(C)(C)C. The lowest BCUT2D eigenvalue weighted by Crippen LogP contribution is -2.35. The van der Waals surface area contributed by atoms with Gasteiger partial charge in [0.1, 0.15) is 29.4 Å². The molecule has 0 N–H and O–H groups in total. The minimum absolute atomic E-state index is 0.0880. The van der Waals surface area contributed by atoms with Gasteiger partial charge in [0.15, 0.2) is 0 Å². The van der Waals surface area contributed by atoms with Crippen LogP contribution in [0.15, 0.2) is 30.9 Å². The second kappa shape index (κ2) is 10.5. The lowest BCUT2D eigenvalue weighted by molar-refractivity contribution is -0.165. The first-order valence-electron chi connectivity index (χ1n) is 9.07. The third-order valence-electron chi connectivity index (χ3n) is 3.64. The zero-order valence-electron chi connectivity index (χ0n) is 17.0. The fraction of sp³-hybridized carbons (Fsp3) is 0.524. The maximum Gasteiger partial charge on any atom is 0.309 e. The normalized spacial score (nSPS) is 14.5. The van der Waals surface area contributed by atoms with E-state index in [0.717, 1.165) is 0 Å². The summed E-state index contributed by atoms with van der Waals surface area (Å²) in [5, 5.41) is 0.197. The Bertz CT molecular complexity index is 678. The van der Waals surface area contributed by atoms with E-state index in [-0.39, 0.29) is 17.2 Å². The molecule has 0 aliphatic rings. The molecule has 0 saturated heterocycles. The number of hydrogen-bond acceptors (Lipinski definition) is 5. The molecule has 1 aromatic carbocycles. The molecule has 0 bridgehead atoms. The summed E-state index contributed by atoms with van der Waals surface area (Å²) in [6.07, 6.45) is 0.639. The van der Waals surface area contributed by atoms with Gasteiger partial charge >= 0.3 is 11.9 Å². The highest BCUT2D eigenvalue weighted by molar-refractivity contribution is 6.30. The summed E-state index contributed by atoms with van der Waals surface area (Å²) in [7, 11) is 0. The van der Waals surface area contributed by atoms with Gasteiger partial charge < -0.3 is 14.2 Å². The second-order valence-electron chi connectivity index (χ2n) is 7.62. The molecule has 0 saturated carbocycles. The van der Waals surface area contributed by atoms with Crippen molar-refractivity contribution in [3.05, 3.63) is 41.7 Å². The van der Waals surface area contributed by atoms with E-state index in [1.54, 1.807) is 40.7 Å². The molecule has 0 spiro atoms. The first kappa shape index (κ1) is 24.0. The van der Waals surface area contributed by atoms with Gasteiger partial charge in [-0.25, -0.2) is 4.39 Å². The fourth-order valence-corrected chi connectivity index (χ4v) is 2.57. The number of rotatable bonds is 9. The van der Waals surface area contributed by atoms with Crippen LogP contribution in [0.4, 0.5) is 4.39 Å². The number of carbonyl (C=O) groups is 2. The molecule has 0 aliphatic heterocycles. The Labute approximate surface area is 170 Å². The van der Waals surface area contributed by atoms with Crippen LogP contribution >= 0.6 is 11.6 Å². The lowest BCUT2D eigenvalue weighted by atomic mass is 10.1. The van der Waals surface area contributed by atoms with Crippen molar-refractivity contribution in [1.29, 1.82) is 0 Å². The summed E-state index contributed by atoms with van der Waals surface area (Å²) < 4.78 is 29.9. The predicted octanol–water partition coefficient (Wildman–Crippen LogP) is 5.10. The predicted molar refractivity (Wildman–Crippen MR) is 106 cm³/mol. The highest BCUT2D eigenvalue weighted by Crippen LogP contribution is 2.24. The number of halogens is 2. The van der Waals surface area contributed by atoms with Crippen molar-refractivity contribution in [2.24, 2.45) is 5.92 Å². The summed E-state index contributed by atoms with van der Waals surface area (Å²) in [5.74, 6) is -2.01. The highest BCUT2D eigenvalue weighted by atomic mass is 35.5. The van der Waals surface area contributed by atoms with E-state index in [1.807, 2.05) is 0 Å². The summed E-state index contributed by atoms with van der Waals surface area (Å²) >= 11 is 5.84.